The summed E-state index contributed by atoms with van der Waals surface area (Å²) in [5.41, 5.74) is 0.518. The summed E-state index contributed by atoms with van der Waals surface area (Å²) in [7, 11) is -0.585. The number of hydrogen-bond acceptors (Lipinski definition) is 5. The van der Waals surface area contributed by atoms with Gasteiger partial charge in [-0.2, -0.15) is 0 Å². The third kappa shape index (κ3) is 4.18. The SMILES string of the molecule is C[C@@H]1C[C@@H](NC(=S)Nc2cccc(S(=O)(=O)N(C)C)c2)C(=O)O1. The van der Waals surface area contributed by atoms with Crippen molar-refractivity contribution in [1.29, 1.82) is 0 Å². The number of sulfonamides is 1. The second-order valence-corrected chi connectivity index (χ2v) is 8.01. The molecular weight excluding hydrogens is 338 g/mol. The van der Waals surface area contributed by atoms with Gasteiger partial charge in [-0.3, -0.25) is 0 Å². The smallest absolute Gasteiger partial charge is 0.329 e. The van der Waals surface area contributed by atoms with Crippen LogP contribution >= 0.6 is 12.2 Å². The Morgan fingerprint density at radius 1 is 1.39 bits per heavy atom. The van der Waals surface area contributed by atoms with E-state index in [4.69, 9.17) is 17.0 Å². The molecule has 2 atom stereocenters. The molecule has 1 heterocycles. The van der Waals surface area contributed by atoms with Crippen LogP contribution in [0.3, 0.4) is 0 Å². The van der Waals surface area contributed by atoms with Crippen LogP contribution in [0, 0.1) is 0 Å². The van der Waals surface area contributed by atoms with Crippen molar-refractivity contribution in [1.82, 2.24) is 9.62 Å². The first-order valence-corrected chi connectivity index (χ1v) is 8.85. The second-order valence-electron chi connectivity index (χ2n) is 5.45. The van der Waals surface area contributed by atoms with Crippen LogP contribution in [0.15, 0.2) is 29.2 Å². The molecule has 0 spiro atoms. The van der Waals surface area contributed by atoms with Gasteiger partial charge in [0.15, 0.2) is 5.11 Å². The monoisotopic (exact) mass is 357 g/mol. The number of ether oxygens (including phenoxy) is 1. The van der Waals surface area contributed by atoms with Gasteiger partial charge in [-0.25, -0.2) is 17.5 Å². The zero-order valence-corrected chi connectivity index (χ0v) is 14.7. The Balaban J connectivity index is 2.06. The van der Waals surface area contributed by atoms with Gasteiger partial charge < -0.3 is 15.4 Å². The lowest BCUT2D eigenvalue weighted by Gasteiger charge is -2.15. The predicted octanol–water partition coefficient (Wildman–Crippen LogP) is 0.927. The molecule has 1 aliphatic heterocycles. The van der Waals surface area contributed by atoms with Gasteiger partial charge in [0.25, 0.3) is 0 Å². The Labute approximate surface area is 141 Å². The Bertz CT molecular complexity index is 718. The zero-order valence-electron chi connectivity index (χ0n) is 13.1. The van der Waals surface area contributed by atoms with Gasteiger partial charge in [-0.05, 0) is 37.3 Å². The molecule has 9 heteroatoms. The summed E-state index contributed by atoms with van der Waals surface area (Å²) < 4.78 is 30.4. The zero-order chi connectivity index (χ0) is 17.2. The van der Waals surface area contributed by atoms with Crippen LogP contribution in [-0.4, -0.2) is 50.0 Å². The number of thiocarbonyl (C=S) groups is 1. The average Bonchev–Trinajstić information content (AvgIpc) is 2.76. The fraction of sp³-hybridized carbons (Fsp3) is 0.429. The molecule has 23 heavy (non-hydrogen) atoms. The first-order chi connectivity index (χ1) is 10.7. The molecule has 1 saturated heterocycles. The molecular formula is C14H19N3O4S2. The molecule has 2 rings (SSSR count). The van der Waals surface area contributed by atoms with Crippen molar-refractivity contribution in [3.8, 4) is 0 Å². The second kappa shape index (κ2) is 6.81. The van der Waals surface area contributed by atoms with Crippen LogP contribution in [0.2, 0.25) is 0 Å². The van der Waals surface area contributed by atoms with Gasteiger partial charge in [0.1, 0.15) is 12.1 Å². The van der Waals surface area contributed by atoms with E-state index >= 15 is 0 Å². The van der Waals surface area contributed by atoms with E-state index in [1.807, 2.05) is 6.92 Å². The van der Waals surface area contributed by atoms with E-state index in [1.54, 1.807) is 12.1 Å². The highest BCUT2D eigenvalue weighted by Gasteiger charge is 2.32. The summed E-state index contributed by atoms with van der Waals surface area (Å²) >= 11 is 5.16. The van der Waals surface area contributed by atoms with Crippen molar-refractivity contribution in [2.45, 2.75) is 30.4 Å². The van der Waals surface area contributed by atoms with Crippen LogP contribution in [0.5, 0.6) is 0 Å². The lowest BCUT2D eigenvalue weighted by atomic mass is 10.2. The summed E-state index contributed by atoms with van der Waals surface area (Å²) in [6.07, 6.45) is 0.395. The maximum Gasteiger partial charge on any atom is 0.329 e. The highest BCUT2D eigenvalue weighted by Crippen LogP contribution is 2.18. The van der Waals surface area contributed by atoms with E-state index in [1.165, 1.54) is 26.2 Å². The number of nitrogens with one attached hydrogen (secondary N) is 2. The minimum absolute atomic E-state index is 0.142. The lowest BCUT2D eigenvalue weighted by molar-refractivity contribution is -0.142. The summed E-state index contributed by atoms with van der Waals surface area (Å²) in [5, 5.41) is 6.00. The summed E-state index contributed by atoms with van der Waals surface area (Å²) in [5.74, 6) is -0.342. The summed E-state index contributed by atoms with van der Waals surface area (Å²) in [4.78, 5) is 11.7. The van der Waals surface area contributed by atoms with Crippen molar-refractivity contribution in [2.75, 3.05) is 19.4 Å². The number of rotatable bonds is 4. The summed E-state index contributed by atoms with van der Waals surface area (Å²) in [6, 6.07) is 5.82. The Kier molecular flexibility index (Phi) is 5.23. The Hall–Kier alpha value is -1.71. The Morgan fingerprint density at radius 3 is 2.65 bits per heavy atom. The lowest BCUT2D eigenvalue weighted by Crippen LogP contribution is -2.40. The van der Waals surface area contributed by atoms with Gasteiger partial charge in [0.05, 0.1) is 4.90 Å². The average molecular weight is 357 g/mol. The molecule has 1 fully saturated rings. The van der Waals surface area contributed by atoms with E-state index in [9.17, 15) is 13.2 Å². The van der Waals surface area contributed by atoms with Crippen LogP contribution in [0.4, 0.5) is 5.69 Å². The van der Waals surface area contributed by atoms with Crippen LogP contribution < -0.4 is 10.6 Å². The first kappa shape index (κ1) is 17.6. The van der Waals surface area contributed by atoms with Crippen LogP contribution in [0.25, 0.3) is 0 Å². The van der Waals surface area contributed by atoms with Crippen molar-refractivity contribution in [3.63, 3.8) is 0 Å². The molecule has 0 saturated carbocycles. The molecule has 0 aliphatic carbocycles. The standard InChI is InChI=1S/C14H19N3O4S2/c1-9-7-12(13(18)21-9)16-14(22)15-10-5-4-6-11(8-10)23(19,20)17(2)3/h4-6,8-9,12H,7H2,1-3H3,(H2,15,16,22)/t9-,12-/m1/s1. The quantitative estimate of drug-likeness (QED) is 0.612. The predicted molar refractivity (Wildman–Crippen MR) is 90.6 cm³/mol. The number of nitrogens with zero attached hydrogens (tertiary/aromatic N) is 1. The Morgan fingerprint density at radius 2 is 2.09 bits per heavy atom. The fourth-order valence-electron chi connectivity index (χ4n) is 2.15. The van der Waals surface area contributed by atoms with Crippen LogP contribution in [0.1, 0.15) is 13.3 Å². The van der Waals surface area contributed by atoms with Gasteiger partial charge in [-0.1, -0.05) is 6.07 Å². The van der Waals surface area contributed by atoms with Crippen molar-refractivity contribution < 1.29 is 17.9 Å². The van der Waals surface area contributed by atoms with E-state index in [-0.39, 0.29) is 22.1 Å². The van der Waals surface area contributed by atoms with E-state index in [2.05, 4.69) is 10.6 Å². The topological polar surface area (TPSA) is 87.7 Å². The van der Waals surface area contributed by atoms with Crippen molar-refractivity contribution in [2.24, 2.45) is 0 Å². The maximum absolute atomic E-state index is 12.1. The number of carbonyl (C=O) groups is 1. The minimum atomic E-state index is -3.52. The third-order valence-corrected chi connectivity index (χ3v) is 5.38. The van der Waals surface area contributed by atoms with E-state index in [0.29, 0.717) is 12.1 Å². The largest absolute Gasteiger partial charge is 0.461 e. The minimum Gasteiger partial charge on any atom is -0.461 e. The molecule has 2 N–H and O–H groups in total. The van der Waals surface area contributed by atoms with Gasteiger partial charge in [-0.15, -0.1) is 0 Å². The molecule has 1 aromatic rings. The molecule has 0 radical (unpaired) electrons. The maximum atomic E-state index is 12.1. The normalized spacial score (nSPS) is 21.1. The fourth-order valence-corrected chi connectivity index (χ4v) is 3.35. The number of hydrogen-bond donors (Lipinski definition) is 2. The molecule has 126 valence electrons. The molecule has 7 nitrogen and oxygen atoms in total. The molecule has 1 aliphatic rings. The van der Waals surface area contributed by atoms with Gasteiger partial charge >= 0.3 is 5.97 Å². The number of esters is 1. The highest BCUT2D eigenvalue weighted by molar-refractivity contribution is 7.89. The number of benzene rings is 1. The van der Waals surface area contributed by atoms with Gasteiger partial charge in [0, 0.05) is 26.2 Å². The highest BCUT2D eigenvalue weighted by atomic mass is 32.2. The van der Waals surface area contributed by atoms with E-state index < -0.39 is 16.1 Å². The number of carbonyl (C=O) groups excluding carboxylic acids is 1. The van der Waals surface area contributed by atoms with Crippen LogP contribution in [-0.2, 0) is 19.6 Å². The summed E-state index contributed by atoms with van der Waals surface area (Å²) in [6.45, 7) is 1.81. The molecule has 0 aromatic heterocycles. The third-order valence-electron chi connectivity index (χ3n) is 3.35. The van der Waals surface area contributed by atoms with Crippen molar-refractivity contribution >= 4 is 39.0 Å². The van der Waals surface area contributed by atoms with Crippen molar-refractivity contribution in [3.05, 3.63) is 24.3 Å². The number of anilines is 1. The first-order valence-electron chi connectivity index (χ1n) is 7.01. The van der Waals surface area contributed by atoms with Gasteiger partial charge in [0.2, 0.25) is 10.0 Å². The van der Waals surface area contributed by atoms with E-state index in [0.717, 1.165) is 4.31 Å². The number of cyclic esters (lactones) is 1. The molecule has 0 bridgehead atoms. The molecule has 0 amide bonds. The molecule has 0 unspecified atom stereocenters. The molecule has 1 aromatic carbocycles.